The molecule has 2 aromatic carbocycles. The molecule has 3 heteroatoms. The van der Waals surface area contributed by atoms with Gasteiger partial charge in [-0.15, -0.1) is 4.52 Å². The number of aliphatic hydroxyl groups excluding tert-OH is 1. The van der Waals surface area contributed by atoms with E-state index >= 15 is 0 Å². The molecule has 0 aliphatic rings. The normalized spacial score (nSPS) is 12.5. The molecule has 22 heavy (non-hydrogen) atoms. The van der Waals surface area contributed by atoms with Crippen molar-refractivity contribution in [3.05, 3.63) is 96.2 Å². The van der Waals surface area contributed by atoms with Crippen molar-refractivity contribution in [1.82, 2.24) is 4.52 Å². The first-order chi connectivity index (χ1) is 10.8. The van der Waals surface area contributed by atoms with Crippen LogP contribution in [0.2, 0.25) is 0 Å². The molecule has 2 aromatic heterocycles. The maximum absolute atomic E-state index is 10.8. The fourth-order valence-corrected chi connectivity index (χ4v) is 2.77. The first-order valence-corrected chi connectivity index (χ1v) is 7.20. The van der Waals surface area contributed by atoms with E-state index in [2.05, 4.69) is 12.1 Å². The summed E-state index contributed by atoms with van der Waals surface area (Å²) in [4.78, 5) is 0. The minimum Gasteiger partial charge on any atom is -0.505 e. The second-order valence-electron chi connectivity index (χ2n) is 5.19. The molecule has 0 radical (unpaired) electrons. The summed E-state index contributed by atoms with van der Waals surface area (Å²) >= 11 is 0. The lowest BCUT2D eigenvalue weighted by Crippen LogP contribution is -2.29. The third-order valence-electron chi connectivity index (χ3n) is 3.82. The number of rotatable bonds is 2. The van der Waals surface area contributed by atoms with Gasteiger partial charge in [-0.2, -0.15) is 0 Å². The standard InChI is InChI=1S/C19H14N2O/c22-19(16-10-5-2-6-11-16)18-17(15-8-3-1-4-9-15)14-20-12-7-13-21(18)20/h1-14H/p+1/b19-18+. The fourth-order valence-electron chi connectivity index (χ4n) is 2.77. The number of aromatic nitrogens is 2. The molecular weight excluding hydrogens is 272 g/mol. The zero-order valence-corrected chi connectivity index (χ0v) is 11.9. The third kappa shape index (κ3) is 1.95. The van der Waals surface area contributed by atoms with Crippen LogP contribution in [0.3, 0.4) is 0 Å². The molecule has 0 aliphatic carbocycles. The van der Waals surface area contributed by atoms with Gasteiger partial charge in [0.25, 0.3) is 0 Å². The topological polar surface area (TPSA) is 28.7 Å². The monoisotopic (exact) mass is 287 g/mol. The van der Waals surface area contributed by atoms with Gasteiger partial charge in [0, 0.05) is 11.6 Å². The van der Waals surface area contributed by atoms with Crippen molar-refractivity contribution in [3.63, 3.8) is 0 Å². The van der Waals surface area contributed by atoms with Gasteiger partial charge >= 0.3 is 0 Å². The summed E-state index contributed by atoms with van der Waals surface area (Å²) in [5.74, 6) is 0.276. The van der Waals surface area contributed by atoms with Crippen molar-refractivity contribution in [3.8, 4) is 11.1 Å². The summed E-state index contributed by atoms with van der Waals surface area (Å²) in [6, 6.07) is 21.7. The van der Waals surface area contributed by atoms with Crippen LogP contribution in [-0.2, 0) is 0 Å². The van der Waals surface area contributed by atoms with Gasteiger partial charge in [0.15, 0.2) is 11.1 Å². The van der Waals surface area contributed by atoms with Crippen molar-refractivity contribution in [2.24, 2.45) is 0 Å². The Kier molecular flexibility index (Phi) is 2.90. The van der Waals surface area contributed by atoms with Gasteiger partial charge in [-0.05, 0) is 5.56 Å². The lowest BCUT2D eigenvalue weighted by molar-refractivity contribution is -0.613. The Bertz CT molecular complexity index is 972. The number of fused-ring (bicyclic) bond motifs is 1. The average molecular weight is 287 g/mol. The van der Waals surface area contributed by atoms with Gasteiger partial charge in [0.2, 0.25) is 12.4 Å². The van der Waals surface area contributed by atoms with E-state index in [0.717, 1.165) is 22.0 Å². The highest BCUT2D eigenvalue weighted by atomic mass is 16.3. The molecule has 0 unspecified atom stereocenters. The maximum Gasteiger partial charge on any atom is 0.210 e. The Balaban J connectivity index is 2.10. The van der Waals surface area contributed by atoms with Gasteiger partial charge in [-0.25, -0.2) is 0 Å². The molecule has 0 saturated heterocycles. The Morgan fingerprint density at radius 3 is 2.27 bits per heavy atom. The molecule has 0 amide bonds. The van der Waals surface area contributed by atoms with Crippen molar-refractivity contribution in [1.29, 1.82) is 0 Å². The third-order valence-corrected chi connectivity index (χ3v) is 3.82. The van der Waals surface area contributed by atoms with Gasteiger partial charge in [-0.3, -0.25) is 0 Å². The van der Waals surface area contributed by atoms with E-state index in [9.17, 15) is 5.11 Å². The first kappa shape index (κ1) is 12.7. The maximum atomic E-state index is 10.8. The lowest BCUT2D eigenvalue weighted by atomic mass is 10.1. The highest BCUT2D eigenvalue weighted by Gasteiger charge is 2.17. The van der Waals surface area contributed by atoms with E-state index in [4.69, 9.17) is 0 Å². The van der Waals surface area contributed by atoms with Crippen molar-refractivity contribution >= 4 is 5.76 Å². The van der Waals surface area contributed by atoms with Crippen LogP contribution in [0, 0.1) is 0 Å². The van der Waals surface area contributed by atoms with Gasteiger partial charge in [0.1, 0.15) is 0 Å². The summed E-state index contributed by atoms with van der Waals surface area (Å²) in [6.45, 7) is 0. The van der Waals surface area contributed by atoms with Crippen molar-refractivity contribution in [2.45, 2.75) is 0 Å². The second kappa shape index (κ2) is 5.04. The fraction of sp³-hybridized carbons (Fsp3) is 0. The zero-order valence-electron chi connectivity index (χ0n) is 11.9. The van der Waals surface area contributed by atoms with Crippen LogP contribution >= 0.6 is 0 Å². The van der Waals surface area contributed by atoms with Crippen LogP contribution < -0.4 is 9.86 Å². The van der Waals surface area contributed by atoms with E-state index in [1.165, 1.54) is 0 Å². The molecule has 106 valence electrons. The molecule has 0 spiro atoms. The molecule has 0 atom stereocenters. The van der Waals surface area contributed by atoms with Gasteiger partial charge < -0.3 is 5.11 Å². The highest BCUT2D eigenvalue weighted by Crippen LogP contribution is 2.16. The molecule has 0 aliphatic heterocycles. The molecule has 3 nitrogen and oxygen atoms in total. The quantitative estimate of drug-likeness (QED) is 0.564. The van der Waals surface area contributed by atoms with Gasteiger partial charge in [0.05, 0.1) is 11.8 Å². The molecule has 0 fully saturated rings. The minimum absolute atomic E-state index is 0.276. The zero-order chi connectivity index (χ0) is 14.9. The van der Waals surface area contributed by atoms with Crippen LogP contribution in [-0.4, -0.2) is 9.62 Å². The number of hydrogen-bond donors (Lipinski definition) is 1. The SMILES string of the molecule is O/C(c1ccccc1)=c1\c(-c2ccccc2)c[n+]2cccn12. The van der Waals surface area contributed by atoms with E-state index in [-0.39, 0.29) is 5.76 Å². The molecule has 4 rings (SSSR count). The predicted octanol–water partition coefficient (Wildman–Crippen LogP) is 2.63. The summed E-state index contributed by atoms with van der Waals surface area (Å²) in [5.41, 5.74) is 2.89. The summed E-state index contributed by atoms with van der Waals surface area (Å²) in [7, 11) is 0. The van der Waals surface area contributed by atoms with Gasteiger partial charge in [-0.1, -0.05) is 65.2 Å². The molecule has 0 saturated carbocycles. The van der Waals surface area contributed by atoms with E-state index in [1.807, 2.05) is 82.2 Å². The smallest absolute Gasteiger partial charge is 0.210 e. The Hall–Kier alpha value is -3.07. The van der Waals surface area contributed by atoms with Crippen LogP contribution in [0.1, 0.15) is 5.56 Å². The van der Waals surface area contributed by atoms with Crippen LogP contribution in [0.15, 0.2) is 85.3 Å². The van der Waals surface area contributed by atoms with Crippen molar-refractivity contribution < 1.29 is 9.62 Å². The lowest BCUT2D eigenvalue weighted by Gasteiger charge is -2.00. The van der Waals surface area contributed by atoms with Crippen LogP contribution in [0.5, 0.6) is 0 Å². The van der Waals surface area contributed by atoms with E-state index in [1.54, 1.807) is 0 Å². The average Bonchev–Trinajstić information content (AvgIpc) is 3.16. The predicted molar refractivity (Wildman–Crippen MR) is 85.3 cm³/mol. The Morgan fingerprint density at radius 1 is 0.864 bits per heavy atom. The highest BCUT2D eigenvalue weighted by molar-refractivity contribution is 5.68. The summed E-state index contributed by atoms with van der Waals surface area (Å²) in [6.07, 6.45) is 5.94. The number of hydrogen-bond acceptors (Lipinski definition) is 1. The molecular formula is C19H15N2O+. The first-order valence-electron chi connectivity index (χ1n) is 7.20. The summed E-state index contributed by atoms with van der Waals surface area (Å²) in [5, 5.41) is 11.6. The number of aliphatic hydroxyl groups is 1. The Morgan fingerprint density at radius 2 is 1.55 bits per heavy atom. The van der Waals surface area contributed by atoms with E-state index < -0.39 is 0 Å². The van der Waals surface area contributed by atoms with Crippen LogP contribution in [0.4, 0.5) is 0 Å². The molecule has 4 aromatic rings. The van der Waals surface area contributed by atoms with E-state index in [0.29, 0.717) is 0 Å². The summed E-state index contributed by atoms with van der Waals surface area (Å²) < 4.78 is 3.92. The molecule has 1 N–H and O–H groups in total. The van der Waals surface area contributed by atoms with Crippen molar-refractivity contribution in [2.75, 3.05) is 0 Å². The Labute approximate surface area is 128 Å². The second-order valence-corrected chi connectivity index (χ2v) is 5.19. The number of benzene rings is 2. The molecule has 0 bridgehead atoms. The van der Waals surface area contributed by atoms with Crippen LogP contribution in [0.25, 0.3) is 16.9 Å². The molecule has 2 heterocycles. The number of nitrogens with zero attached hydrogens (tertiary/aromatic N) is 2. The largest absolute Gasteiger partial charge is 0.505 e. The minimum atomic E-state index is 0.276.